The molecule has 0 fully saturated rings. The fourth-order valence-electron chi connectivity index (χ4n) is 1.36. The summed E-state index contributed by atoms with van der Waals surface area (Å²) in [6.45, 7) is 0. The van der Waals surface area contributed by atoms with E-state index in [0.29, 0.717) is 0 Å². The number of rotatable bonds is 4. The molecule has 1 aromatic carbocycles. The smallest absolute Gasteiger partial charge is 0.374 e. The van der Waals surface area contributed by atoms with Gasteiger partial charge in [0.05, 0.1) is 9.40 Å². The van der Waals surface area contributed by atoms with Gasteiger partial charge < -0.3 is 10.2 Å². The van der Waals surface area contributed by atoms with Gasteiger partial charge in [0.2, 0.25) is 5.82 Å². The maximum Gasteiger partial charge on any atom is 0.374 e. The number of nitro groups is 1. The van der Waals surface area contributed by atoms with E-state index < -0.39 is 16.4 Å². The molecule has 0 bridgehead atoms. The Morgan fingerprint density at radius 3 is 2.80 bits per heavy atom. The molecule has 1 heterocycles. The SMILES string of the molecule is NNc1ncnc(Oc2ccc(Br)c(F)c2)c1[N+](=O)[O-]. The molecule has 0 amide bonds. The highest BCUT2D eigenvalue weighted by molar-refractivity contribution is 9.10. The molecule has 8 nitrogen and oxygen atoms in total. The Hall–Kier alpha value is -2.33. The zero-order chi connectivity index (χ0) is 14.7. The Morgan fingerprint density at radius 1 is 1.45 bits per heavy atom. The Balaban J connectivity index is 2.42. The van der Waals surface area contributed by atoms with Crippen molar-refractivity contribution in [2.75, 3.05) is 5.43 Å². The summed E-state index contributed by atoms with van der Waals surface area (Å²) in [5.41, 5.74) is 1.53. The molecule has 1 aromatic heterocycles. The number of benzene rings is 1. The van der Waals surface area contributed by atoms with Crippen LogP contribution in [0.15, 0.2) is 29.0 Å². The van der Waals surface area contributed by atoms with Crippen LogP contribution in [0.4, 0.5) is 15.9 Å². The van der Waals surface area contributed by atoms with Gasteiger partial charge in [-0.1, -0.05) is 0 Å². The van der Waals surface area contributed by atoms with Crippen molar-refractivity contribution in [2.24, 2.45) is 5.84 Å². The largest absolute Gasteiger partial charge is 0.433 e. The molecule has 0 saturated carbocycles. The van der Waals surface area contributed by atoms with Crippen LogP contribution in [0.2, 0.25) is 0 Å². The maximum atomic E-state index is 13.4. The molecule has 0 saturated heterocycles. The summed E-state index contributed by atoms with van der Waals surface area (Å²) >= 11 is 2.98. The van der Waals surface area contributed by atoms with E-state index in [2.05, 4.69) is 31.3 Å². The molecule has 0 radical (unpaired) electrons. The van der Waals surface area contributed by atoms with Crippen LogP contribution < -0.4 is 16.0 Å². The molecule has 2 aromatic rings. The van der Waals surface area contributed by atoms with E-state index in [9.17, 15) is 14.5 Å². The fraction of sp³-hybridized carbons (Fsp3) is 0. The van der Waals surface area contributed by atoms with Gasteiger partial charge in [-0.05, 0) is 28.1 Å². The lowest BCUT2D eigenvalue weighted by Crippen LogP contribution is -2.12. The predicted octanol–water partition coefficient (Wildman–Crippen LogP) is 2.36. The average Bonchev–Trinajstić information content (AvgIpc) is 2.42. The van der Waals surface area contributed by atoms with Gasteiger partial charge in [0.25, 0.3) is 0 Å². The van der Waals surface area contributed by atoms with Gasteiger partial charge in [-0.2, -0.15) is 4.98 Å². The van der Waals surface area contributed by atoms with Crippen molar-refractivity contribution in [1.82, 2.24) is 9.97 Å². The van der Waals surface area contributed by atoms with Crippen LogP contribution in [-0.2, 0) is 0 Å². The molecule has 10 heteroatoms. The van der Waals surface area contributed by atoms with Gasteiger partial charge >= 0.3 is 11.6 Å². The number of hydrogen-bond acceptors (Lipinski definition) is 7. The summed E-state index contributed by atoms with van der Waals surface area (Å²) in [7, 11) is 0. The number of nitrogens with one attached hydrogen (secondary N) is 1. The van der Waals surface area contributed by atoms with Crippen LogP contribution in [0.5, 0.6) is 11.6 Å². The predicted molar refractivity (Wildman–Crippen MR) is 70.7 cm³/mol. The molecular formula is C10H7BrFN5O3. The number of ether oxygens (including phenoxy) is 1. The number of nitrogens with two attached hydrogens (primary N) is 1. The monoisotopic (exact) mass is 343 g/mol. The highest BCUT2D eigenvalue weighted by Gasteiger charge is 2.24. The average molecular weight is 344 g/mol. The number of nitrogens with zero attached hydrogens (tertiary/aromatic N) is 3. The molecule has 0 aliphatic carbocycles. The van der Waals surface area contributed by atoms with Crippen LogP contribution in [0.25, 0.3) is 0 Å². The first kappa shape index (κ1) is 14.1. The van der Waals surface area contributed by atoms with E-state index in [1.54, 1.807) is 0 Å². The quantitative estimate of drug-likeness (QED) is 0.497. The van der Waals surface area contributed by atoms with Gasteiger partial charge in [0, 0.05) is 6.07 Å². The van der Waals surface area contributed by atoms with Crippen LogP contribution >= 0.6 is 15.9 Å². The molecule has 104 valence electrons. The highest BCUT2D eigenvalue weighted by atomic mass is 79.9. The second-order valence-electron chi connectivity index (χ2n) is 3.46. The van der Waals surface area contributed by atoms with Gasteiger partial charge in [0.1, 0.15) is 17.9 Å². The Morgan fingerprint density at radius 2 is 2.20 bits per heavy atom. The van der Waals surface area contributed by atoms with Gasteiger partial charge in [-0.3, -0.25) is 10.1 Å². The minimum absolute atomic E-state index is 0.0514. The summed E-state index contributed by atoms with van der Waals surface area (Å²) in [4.78, 5) is 17.5. The van der Waals surface area contributed by atoms with E-state index in [4.69, 9.17) is 10.6 Å². The van der Waals surface area contributed by atoms with E-state index >= 15 is 0 Å². The van der Waals surface area contributed by atoms with Crippen molar-refractivity contribution in [3.63, 3.8) is 0 Å². The Kier molecular flexibility index (Phi) is 4.05. The fourth-order valence-corrected chi connectivity index (χ4v) is 1.61. The van der Waals surface area contributed by atoms with Crippen molar-refractivity contribution in [3.8, 4) is 11.6 Å². The maximum absolute atomic E-state index is 13.4. The lowest BCUT2D eigenvalue weighted by atomic mass is 10.3. The molecule has 0 spiro atoms. The first-order valence-corrected chi connectivity index (χ1v) is 5.91. The van der Waals surface area contributed by atoms with E-state index in [1.807, 2.05) is 0 Å². The minimum atomic E-state index is -0.750. The Labute approximate surface area is 120 Å². The molecule has 0 atom stereocenters. The summed E-state index contributed by atoms with van der Waals surface area (Å²) < 4.78 is 18.8. The van der Waals surface area contributed by atoms with Crippen molar-refractivity contribution < 1.29 is 14.1 Å². The number of anilines is 1. The van der Waals surface area contributed by atoms with E-state index in [0.717, 1.165) is 12.4 Å². The molecule has 3 N–H and O–H groups in total. The summed E-state index contributed by atoms with van der Waals surface area (Å²) in [6.07, 6.45) is 1.03. The molecule has 0 aliphatic rings. The lowest BCUT2D eigenvalue weighted by molar-refractivity contribution is -0.385. The third kappa shape index (κ3) is 2.81. The molecule has 0 aliphatic heterocycles. The van der Waals surface area contributed by atoms with Crippen molar-refractivity contribution in [3.05, 3.63) is 44.9 Å². The minimum Gasteiger partial charge on any atom is -0.433 e. The molecule has 2 rings (SSSR count). The van der Waals surface area contributed by atoms with Gasteiger partial charge in [0.15, 0.2) is 0 Å². The van der Waals surface area contributed by atoms with Gasteiger partial charge in [-0.25, -0.2) is 15.2 Å². The summed E-state index contributed by atoms with van der Waals surface area (Å²) in [5, 5.41) is 11.0. The zero-order valence-corrected chi connectivity index (χ0v) is 11.3. The Bertz CT molecular complexity index is 669. The number of nitrogen functional groups attached to an aromatic ring is 1. The van der Waals surface area contributed by atoms with Crippen LogP contribution in [0.3, 0.4) is 0 Å². The third-order valence-corrected chi connectivity index (χ3v) is 2.86. The van der Waals surface area contributed by atoms with Crippen LogP contribution in [-0.4, -0.2) is 14.9 Å². The van der Waals surface area contributed by atoms with E-state index in [1.165, 1.54) is 12.1 Å². The highest BCUT2D eigenvalue weighted by Crippen LogP contribution is 2.34. The third-order valence-electron chi connectivity index (χ3n) is 2.21. The lowest BCUT2D eigenvalue weighted by Gasteiger charge is -2.07. The number of aromatic nitrogens is 2. The summed E-state index contributed by atoms with van der Waals surface area (Å²) in [6, 6.07) is 3.89. The number of halogens is 2. The van der Waals surface area contributed by atoms with Crippen molar-refractivity contribution in [2.45, 2.75) is 0 Å². The standard InChI is InChI=1S/C10H7BrFN5O3/c11-6-2-1-5(3-7(6)12)20-10-8(17(18)19)9(16-13)14-4-15-10/h1-4H,13H2,(H,14,15,16). The molecular weight excluding hydrogens is 337 g/mol. The molecule has 20 heavy (non-hydrogen) atoms. The first-order chi connectivity index (χ1) is 9.52. The second kappa shape index (κ2) is 5.75. The first-order valence-electron chi connectivity index (χ1n) is 5.12. The number of hydrazine groups is 1. The topological polar surface area (TPSA) is 116 Å². The van der Waals surface area contributed by atoms with E-state index in [-0.39, 0.29) is 21.9 Å². The summed E-state index contributed by atoms with van der Waals surface area (Å²) in [5.74, 6) is 4.05. The van der Waals surface area contributed by atoms with Crippen LogP contribution in [0, 0.1) is 15.9 Å². The zero-order valence-electron chi connectivity index (χ0n) is 9.71. The second-order valence-corrected chi connectivity index (χ2v) is 4.31. The van der Waals surface area contributed by atoms with Gasteiger partial charge in [-0.15, -0.1) is 0 Å². The van der Waals surface area contributed by atoms with Crippen molar-refractivity contribution in [1.29, 1.82) is 0 Å². The molecule has 0 unspecified atom stereocenters. The van der Waals surface area contributed by atoms with Crippen molar-refractivity contribution >= 4 is 27.4 Å². The van der Waals surface area contributed by atoms with Crippen LogP contribution in [0.1, 0.15) is 0 Å². The number of hydrogen-bond donors (Lipinski definition) is 2. The normalized spacial score (nSPS) is 10.2.